The van der Waals surface area contributed by atoms with E-state index < -0.39 is 0 Å². The summed E-state index contributed by atoms with van der Waals surface area (Å²) in [6.07, 6.45) is 3.21. The van der Waals surface area contributed by atoms with Crippen LogP contribution in [0.15, 0.2) is 0 Å². The molecule has 0 saturated heterocycles. The molecule has 0 saturated carbocycles. The van der Waals surface area contributed by atoms with Crippen LogP contribution in [0.1, 0.15) is 53.9 Å². The lowest BCUT2D eigenvalue weighted by Crippen LogP contribution is -2.30. The van der Waals surface area contributed by atoms with E-state index >= 15 is 0 Å². The van der Waals surface area contributed by atoms with Gasteiger partial charge in [0.15, 0.2) is 0 Å². The zero-order chi connectivity index (χ0) is 12.7. The molecule has 0 aromatic rings. The van der Waals surface area contributed by atoms with E-state index in [-0.39, 0.29) is 11.2 Å². The Labute approximate surface area is 107 Å². The second-order valence-corrected chi connectivity index (χ2v) is 5.89. The van der Waals surface area contributed by atoms with Gasteiger partial charge >= 0.3 is 0 Å². The van der Waals surface area contributed by atoms with Crippen LogP contribution in [0.2, 0.25) is 0 Å². The predicted octanol–water partition coefficient (Wildman–Crippen LogP) is 3.70. The van der Waals surface area contributed by atoms with Crippen LogP contribution in [0.25, 0.3) is 0 Å². The standard InChI is InChI=1S/C13H28O2S/c1-6-7-12(2,3)14-9-10-15-13(4,5)8-11-16/h16H,6-11H2,1-5H3. The van der Waals surface area contributed by atoms with Gasteiger partial charge in [-0.15, -0.1) is 0 Å². The van der Waals surface area contributed by atoms with Crippen LogP contribution >= 0.6 is 12.6 Å². The number of hydrogen-bond acceptors (Lipinski definition) is 3. The third-order valence-corrected chi connectivity index (χ3v) is 2.86. The van der Waals surface area contributed by atoms with Gasteiger partial charge in [0, 0.05) is 0 Å². The lowest BCUT2D eigenvalue weighted by molar-refractivity contribution is -0.0870. The van der Waals surface area contributed by atoms with Crippen molar-refractivity contribution in [3.05, 3.63) is 0 Å². The van der Waals surface area contributed by atoms with Crippen molar-refractivity contribution in [3.63, 3.8) is 0 Å². The van der Waals surface area contributed by atoms with Crippen molar-refractivity contribution in [1.29, 1.82) is 0 Å². The van der Waals surface area contributed by atoms with Crippen LogP contribution < -0.4 is 0 Å². The van der Waals surface area contributed by atoms with Crippen LogP contribution in [0.4, 0.5) is 0 Å². The van der Waals surface area contributed by atoms with Gasteiger partial charge in [0.25, 0.3) is 0 Å². The average molecular weight is 248 g/mol. The van der Waals surface area contributed by atoms with Crippen LogP contribution in [0.5, 0.6) is 0 Å². The van der Waals surface area contributed by atoms with Gasteiger partial charge in [0.2, 0.25) is 0 Å². The van der Waals surface area contributed by atoms with Gasteiger partial charge < -0.3 is 9.47 Å². The molecule has 0 aliphatic carbocycles. The molecule has 0 fully saturated rings. The lowest BCUT2D eigenvalue weighted by Gasteiger charge is -2.28. The average Bonchev–Trinajstić information content (AvgIpc) is 2.12. The lowest BCUT2D eigenvalue weighted by atomic mass is 10.0. The molecule has 3 heteroatoms. The summed E-state index contributed by atoms with van der Waals surface area (Å²) in [4.78, 5) is 0. The van der Waals surface area contributed by atoms with E-state index in [0.29, 0.717) is 13.2 Å². The zero-order valence-corrected chi connectivity index (χ0v) is 12.4. The monoisotopic (exact) mass is 248 g/mol. The van der Waals surface area contributed by atoms with E-state index in [0.717, 1.165) is 25.0 Å². The number of hydrogen-bond donors (Lipinski definition) is 1. The second kappa shape index (κ2) is 7.57. The molecule has 0 atom stereocenters. The minimum atomic E-state index is -0.0833. The van der Waals surface area contributed by atoms with Gasteiger partial charge in [0.1, 0.15) is 0 Å². The molecule has 0 aliphatic heterocycles. The Morgan fingerprint density at radius 1 is 0.875 bits per heavy atom. The highest BCUT2D eigenvalue weighted by Crippen LogP contribution is 2.18. The summed E-state index contributed by atoms with van der Waals surface area (Å²) in [6.45, 7) is 12.0. The predicted molar refractivity (Wildman–Crippen MR) is 73.4 cm³/mol. The maximum Gasteiger partial charge on any atom is 0.0708 e. The van der Waals surface area contributed by atoms with Crippen molar-refractivity contribution in [1.82, 2.24) is 0 Å². The van der Waals surface area contributed by atoms with E-state index in [2.05, 4.69) is 47.2 Å². The number of ether oxygens (including phenoxy) is 2. The summed E-state index contributed by atoms with van der Waals surface area (Å²) in [5, 5.41) is 0. The normalized spacial score (nSPS) is 13.1. The van der Waals surface area contributed by atoms with Crippen molar-refractivity contribution in [2.45, 2.75) is 65.1 Å². The van der Waals surface area contributed by atoms with Crippen LogP contribution in [0.3, 0.4) is 0 Å². The van der Waals surface area contributed by atoms with Gasteiger partial charge in [-0.3, -0.25) is 0 Å². The first-order valence-corrected chi connectivity index (χ1v) is 6.85. The van der Waals surface area contributed by atoms with Gasteiger partial charge in [0.05, 0.1) is 24.4 Å². The molecule has 0 bridgehead atoms. The molecule has 0 aromatic carbocycles. The second-order valence-electron chi connectivity index (χ2n) is 5.44. The molecule has 0 N–H and O–H groups in total. The first kappa shape index (κ1) is 16.3. The minimum absolute atomic E-state index is 0.0220. The summed E-state index contributed by atoms with van der Waals surface area (Å²) in [6, 6.07) is 0. The summed E-state index contributed by atoms with van der Waals surface area (Å²) in [7, 11) is 0. The maximum atomic E-state index is 5.80. The maximum absolute atomic E-state index is 5.80. The third kappa shape index (κ3) is 8.43. The Morgan fingerprint density at radius 2 is 1.31 bits per heavy atom. The Kier molecular flexibility index (Phi) is 7.70. The largest absolute Gasteiger partial charge is 0.373 e. The molecule has 0 heterocycles. The highest BCUT2D eigenvalue weighted by molar-refractivity contribution is 7.80. The van der Waals surface area contributed by atoms with E-state index in [9.17, 15) is 0 Å². The Morgan fingerprint density at radius 3 is 1.69 bits per heavy atom. The fourth-order valence-corrected chi connectivity index (χ4v) is 2.19. The van der Waals surface area contributed by atoms with Crippen molar-refractivity contribution in [2.75, 3.05) is 19.0 Å². The molecule has 0 unspecified atom stereocenters. The molecule has 0 rings (SSSR count). The third-order valence-electron chi connectivity index (χ3n) is 2.63. The fraction of sp³-hybridized carbons (Fsp3) is 1.00. The summed E-state index contributed by atoms with van der Waals surface area (Å²) in [5.41, 5.74) is -0.105. The fourth-order valence-electron chi connectivity index (χ4n) is 1.65. The highest BCUT2D eigenvalue weighted by Gasteiger charge is 2.19. The molecule has 98 valence electrons. The Bertz CT molecular complexity index is 159. The first-order chi connectivity index (χ1) is 7.33. The molecule has 0 spiro atoms. The van der Waals surface area contributed by atoms with E-state index in [4.69, 9.17) is 9.47 Å². The minimum Gasteiger partial charge on any atom is -0.373 e. The van der Waals surface area contributed by atoms with Crippen molar-refractivity contribution in [2.24, 2.45) is 0 Å². The number of rotatable bonds is 9. The molecule has 0 amide bonds. The number of thiol groups is 1. The van der Waals surface area contributed by atoms with Crippen LogP contribution in [0, 0.1) is 0 Å². The van der Waals surface area contributed by atoms with Crippen LogP contribution in [-0.2, 0) is 9.47 Å². The topological polar surface area (TPSA) is 18.5 Å². The van der Waals surface area contributed by atoms with Crippen molar-refractivity contribution >= 4 is 12.6 Å². The molecule has 2 nitrogen and oxygen atoms in total. The van der Waals surface area contributed by atoms with Gasteiger partial charge in [-0.25, -0.2) is 0 Å². The quantitative estimate of drug-likeness (QED) is 0.495. The molecular weight excluding hydrogens is 220 g/mol. The summed E-state index contributed by atoms with van der Waals surface area (Å²) >= 11 is 4.22. The molecule has 0 aromatic heterocycles. The SMILES string of the molecule is CCCC(C)(C)OCCOC(C)(C)CCS. The summed E-state index contributed by atoms with van der Waals surface area (Å²) in [5.74, 6) is 0.856. The Hall–Kier alpha value is 0.270. The van der Waals surface area contributed by atoms with Gasteiger partial charge in [-0.1, -0.05) is 13.3 Å². The van der Waals surface area contributed by atoms with Crippen LogP contribution in [-0.4, -0.2) is 30.2 Å². The molecule has 16 heavy (non-hydrogen) atoms. The molecule has 0 aliphatic rings. The highest BCUT2D eigenvalue weighted by atomic mass is 32.1. The van der Waals surface area contributed by atoms with Gasteiger partial charge in [-0.05, 0) is 46.3 Å². The van der Waals surface area contributed by atoms with Crippen molar-refractivity contribution < 1.29 is 9.47 Å². The molecule has 0 radical (unpaired) electrons. The summed E-state index contributed by atoms with van der Waals surface area (Å²) < 4.78 is 11.6. The Balaban J connectivity index is 3.67. The molecular formula is C13H28O2S. The van der Waals surface area contributed by atoms with Gasteiger partial charge in [-0.2, -0.15) is 12.6 Å². The van der Waals surface area contributed by atoms with E-state index in [1.165, 1.54) is 0 Å². The van der Waals surface area contributed by atoms with E-state index in [1.807, 2.05) is 0 Å². The van der Waals surface area contributed by atoms with Crippen molar-refractivity contribution in [3.8, 4) is 0 Å². The smallest absolute Gasteiger partial charge is 0.0708 e. The van der Waals surface area contributed by atoms with E-state index in [1.54, 1.807) is 0 Å². The first-order valence-electron chi connectivity index (χ1n) is 6.22. The zero-order valence-electron chi connectivity index (χ0n) is 11.5.